The van der Waals surface area contributed by atoms with Crippen molar-refractivity contribution in [3.05, 3.63) is 41.3 Å². The molecule has 1 aromatic heterocycles. The molecule has 5 rings (SSSR count). The van der Waals surface area contributed by atoms with Gasteiger partial charge in [0.05, 0.1) is 25.5 Å². The quantitative estimate of drug-likeness (QED) is 0.828. The molecular weight excluding hydrogens is 347 g/mol. The minimum Gasteiger partial charge on any atom is -0.381 e. The molecule has 7 heteroatoms. The third kappa shape index (κ3) is 3.15. The summed E-state index contributed by atoms with van der Waals surface area (Å²) in [5, 5.41) is 0. The van der Waals surface area contributed by atoms with Crippen LogP contribution in [-0.2, 0) is 15.9 Å². The van der Waals surface area contributed by atoms with Crippen LogP contribution in [0.15, 0.2) is 24.3 Å². The van der Waals surface area contributed by atoms with Crippen molar-refractivity contribution >= 4 is 17.5 Å². The summed E-state index contributed by atoms with van der Waals surface area (Å²) in [6.07, 6.45) is 1.87. The third-order valence-corrected chi connectivity index (χ3v) is 5.58. The fraction of sp³-hybridized carbons (Fsp3) is 0.500. The predicted octanol–water partition coefficient (Wildman–Crippen LogP) is 2.65. The summed E-state index contributed by atoms with van der Waals surface area (Å²) in [7, 11) is 0. The van der Waals surface area contributed by atoms with Crippen LogP contribution in [0.25, 0.3) is 0 Å². The van der Waals surface area contributed by atoms with E-state index in [1.807, 2.05) is 6.07 Å². The second-order valence-electron chi connectivity index (χ2n) is 7.25. The van der Waals surface area contributed by atoms with E-state index >= 15 is 0 Å². The van der Waals surface area contributed by atoms with Crippen molar-refractivity contribution in [2.75, 3.05) is 55.9 Å². The minimum absolute atomic E-state index is 0.229. The molecule has 1 unspecified atom stereocenters. The average Bonchev–Trinajstić information content (AvgIpc) is 3.38. The highest BCUT2D eigenvalue weighted by Gasteiger charge is 2.32. The molecule has 1 atom stereocenters. The number of halogens is 1. The molecule has 142 valence electrons. The molecule has 0 N–H and O–H groups in total. The van der Waals surface area contributed by atoms with Gasteiger partial charge in [-0.1, -0.05) is 6.07 Å². The molecule has 0 aliphatic carbocycles. The Kier molecular flexibility index (Phi) is 4.41. The van der Waals surface area contributed by atoms with Crippen molar-refractivity contribution in [2.24, 2.45) is 0 Å². The first-order valence-corrected chi connectivity index (χ1v) is 9.64. The summed E-state index contributed by atoms with van der Waals surface area (Å²) in [4.78, 5) is 14.2. The molecule has 0 radical (unpaired) electrons. The standard InChI is InChI=1S/C20H23FN4O2/c21-15-2-1-3-16(12-15)25-6-4-17-18(14-5-9-27-13-14)22-20(23-19(17)25)24-7-10-26-11-8-24/h1-3,12,14H,4-11,13H2. The molecule has 0 spiro atoms. The molecule has 3 aliphatic rings. The highest BCUT2D eigenvalue weighted by molar-refractivity contribution is 5.68. The SMILES string of the molecule is Fc1cccc(N2CCc3c(C4CCOC4)nc(N4CCOCC4)nc32)c1. The number of benzene rings is 1. The van der Waals surface area contributed by atoms with Gasteiger partial charge in [-0.3, -0.25) is 0 Å². The Bertz CT molecular complexity index is 835. The number of hydrogen-bond acceptors (Lipinski definition) is 6. The van der Waals surface area contributed by atoms with E-state index < -0.39 is 0 Å². The fourth-order valence-electron chi connectivity index (χ4n) is 4.16. The highest BCUT2D eigenvalue weighted by atomic mass is 19.1. The van der Waals surface area contributed by atoms with Crippen molar-refractivity contribution in [2.45, 2.75) is 18.8 Å². The van der Waals surface area contributed by atoms with Crippen LogP contribution in [0.2, 0.25) is 0 Å². The Labute approximate surface area is 157 Å². The maximum absolute atomic E-state index is 13.8. The van der Waals surface area contributed by atoms with Crippen LogP contribution in [0.5, 0.6) is 0 Å². The smallest absolute Gasteiger partial charge is 0.227 e. The normalized spacial score (nSPS) is 22.3. The summed E-state index contributed by atoms with van der Waals surface area (Å²) >= 11 is 0. The van der Waals surface area contributed by atoms with Gasteiger partial charge in [-0.2, -0.15) is 4.98 Å². The van der Waals surface area contributed by atoms with Gasteiger partial charge in [0.25, 0.3) is 0 Å². The zero-order valence-electron chi connectivity index (χ0n) is 15.2. The average molecular weight is 370 g/mol. The van der Waals surface area contributed by atoms with E-state index in [9.17, 15) is 4.39 Å². The number of fused-ring (bicyclic) bond motifs is 1. The van der Waals surface area contributed by atoms with Gasteiger partial charge >= 0.3 is 0 Å². The van der Waals surface area contributed by atoms with E-state index in [4.69, 9.17) is 19.4 Å². The van der Waals surface area contributed by atoms with Gasteiger partial charge in [0, 0.05) is 43.4 Å². The van der Waals surface area contributed by atoms with Gasteiger partial charge < -0.3 is 19.3 Å². The van der Waals surface area contributed by atoms with Gasteiger partial charge in [0.2, 0.25) is 5.95 Å². The minimum atomic E-state index is -0.229. The third-order valence-electron chi connectivity index (χ3n) is 5.58. The van der Waals surface area contributed by atoms with Crippen LogP contribution in [0, 0.1) is 5.82 Å². The number of nitrogens with zero attached hydrogens (tertiary/aromatic N) is 4. The second-order valence-corrected chi connectivity index (χ2v) is 7.25. The topological polar surface area (TPSA) is 50.7 Å². The first kappa shape index (κ1) is 16.9. The molecule has 2 fully saturated rings. The Morgan fingerprint density at radius 1 is 1.04 bits per heavy atom. The van der Waals surface area contributed by atoms with Gasteiger partial charge in [-0.05, 0) is 31.0 Å². The number of aromatic nitrogens is 2. The Morgan fingerprint density at radius 3 is 2.70 bits per heavy atom. The summed E-state index contributed by atoms with van der Waals surface area (Å²) in [5.41, 5.74) is 3.14. The number of morpholine rings is 1. The molecular formula is C20H23FN4O2. The first-order chi connectivity index (χ1) is 13.3. The summed E-state index contributed by atoms with van der Waals surface area (Å²) < 4.78 is 24.9. The fourth-order valence-corrected chi connectivity index (χ4v) is 4.16. The monoisotopic (exact) mass is 370 g/mol. The number of rotatable bonds is 3. The zero-order valence-corrected chi connectivity index (χ0v) is 15.2. The molecule has 0 amide bonds. The Morgan fingerprint density at radius 2 is 1.93 bits per heavy atom. The lowest BCUT2D eigenvalue weighted by atomic mass is 9.99. The highest BCUT2D eigenvalue weighted by Crippen LogP contribution is 2.39. The molecule has 6 nitrogen and oxygen atoms in total. The number of anilines is 3. The second kappa shape index (κ2) is 7.05. The van der Waals surface area contributed by atoms with E-state index in [1.165, 1.54) is 11.6 Å². The first-order valence-electron chi connectivity index (χ1n) is 9.64. The molecule has 27 heavy (non-hydrogen) atoms. The van der Waals surface area contributed by atoms with Crippen molar-refractivity contribution in [1.82, 2.24) is 9.97 Å². The maximum Gasteiger partial charge on any atom is 0.227 e. The van der Waals surface area contributed by atoms with E-state index in [-0.39, 0.29) is 5.82 Å². The molecule has 0 bridgehead atoms. The van der Waals surface area contributed by atoms with Crippen LogP contribution in [-0.4, -0.2) is 56.0 Å². The van der Waals surface area contributed by atoms with Crippen molar-refractivity contribution in [3.8, 4) is 0 Å². The Balaban J connectivity index is 1.59. The summed E-state index contributed by atoms with van der Waals surface area (Å²) in [6.45, 7) is 5.25. The van der Waals surface area contributed by atoms with Crippen molar-refractivity contribution in [3.63, 3.8) is 0 Å². The molecule has 1 aromatic carbocycles. The summed E-state index contributed by atoms with van der Waals surface area (Å²) in [6, 6.07) is 6.73. The lowest BCUT2D eigenvalue weighted by Gasteiger charge is -2.29. The van der Waals surface area contributed by atoms with Crippen LogP contribution in [0.4, 0.5) is 21.8 Å². The van der Waals surface area contributed by atoms with Crippen LogP contribution in [0.3, 0.4) is 0 Å². The lowest BCUT2D eigenvalue weighted by Crippen LogP contribution is -2.37. The molecule has 3 aliphatic heterocycles. The molecule has 0 saturated carbocycles. The van der Waals surface area contributed by atoms with Crippen molar-refractivity contribution in [1.29, 1.82) is 0 Å². The van der Waals surface area contributed by atoms with E-state index in [1.54, 1.807) is 12.1 Å². The van der Waals surface area contributed by atoms with Gasteiger partial charge in [0.1, 0.15) is 11.6 Å². The lowest BCUT2D eigenvalue weighted by molar-refractivity contribution is 0.122. The van der Waals surface area contributed by atoms with Gasteiger partial charge in [0.15, 0.2) is 0 Å². The zero-order chi connectivity index (χ0) is 18.2. The van der Waals surface area contributed by atoms with E-state index in [2.05, 4.69) is 9.80 Å². The Hall–Kier alpha value is -2.25. The van der Waals surface area contributed by atoms with Crippen LogP contribution in [0.1, 0.15) is 23.6 Å². The molecule has 4 heterocycles. The van der Waals surface area contributed by atoms with Gasteiger partial charge in [-0.25, -0.2) is 9.37 Å². The molecule has 2 aromatic rings. The van der Waals surface area contributed by atoms with Gasteiger partial charge in [-0.15, -0.1) is 0 Å². The van der Waals surface area contributed by atoms with Crippen LogP contribution < -0.4 is 9.80 Å². The van der Waals surface area contributed by atoms with E-state index in [0.717, 1.165) is 62.2 Å². The number of hydrogen-bond donors (Lipinski definition) is 0. The number of ether oxygens (including phenoxy) is 2. The molecule has 2 saturated heterocycles. The van der Waals surface area contributed by atoms with Crippen molar-refractivity contribution < 1.29 is 13.9 Å². The van der Waals surface area contributed by atoms with Crippen LogP contribution >= 0.6 is 0 Å². The van der Waals surface area contributed by atoms with E-state index in [0.29, 0.717) is 25.7 Å². The maximum atomic E-state index is 13.8. The largest absolute Gasteiger partial charge is 0.381 e. The summed E-state index contributed by atoms with van der Waals surface area (Å²) in [5.74, 6) is 1.75. The predicted molar refractivity (Wildman–Crippen MR) is 100 cm³/mol.